The maximum Gasteiger partial charge on any atom is 0.301 e. The van der Waals surface area contributed by atoms with E-state index in [2.05, 4.69) is 19.9 Å². The smallest absolute Gasteiger partial charge is 0.301 e. The summed E-state index contributed by atoms with van der Waals surface area (Å²) in [5.41, 5.74) is 1.45. The molecule has 1 unspecified atom stereocenters. The van der Waals surface area contributed by atoms with Crippen molar-refractivity contribution in [2.45, 2.75) is 18.8 Å². The van der Waals surface area contributed by atoms with Crippen LogP contribution in [-0.4, -0.2) is 33.0 Å². The minimum absolute atomic E-state index is 0.140. The molecule has 0 radical (unpaired) electrons. The first kappa shape index (κ1) is 14.6. The molecule has 0 aliphatic carbocycles. The Hall–Kier alpha value is -2.96. The first-order valence-corrected chi connectivity index (χ1v) is 8.00. The number of nitro benzene ring substituents is 1. The van der Waals surface area contributed by atoms with Gasteiger partial charge in [-0.25, -0.2) is 4.98 Å². The van der Waals surface area contributed by atoms with Gasteiger partial charge in [0.1, 0.15) is 11.5 Å². The number of rotatable bonds is 3. The third kappa shape index (κ3) is 2.47. The van der Waals surface area contributed by atoms with Crippen molar-refractivity contribution in [3.8, 4) is 0 Å². The van der Waals surface area contributed by atoms with E-state index >= 15 is 0 Å². The summed E-state index contributed by atoms with van der Waals surface area (Å²) in [6.07, 6.45) is 7.23. The number of anilines is 1. The van der Waals surface area contributed by atoms with Crippen molar-refractivity contribution in [1.82, 2.24) is 15.0 Å². The van der Waals surface area contributed by atoms with Crippen molar-refractivity contribution in [3.63, 3.8) is 0 Å². The maximum atomic E-state index is 11.7. The summed E-state index contributed by atoms with van der Waals surface area (Å²) in [5.74, 6) is 1.21. The van der Waals surface area contributed by atoms with E-state index in [1.54, 1.807) is 24.5 Å². The van der Waals surface area contributed by atoms with E-state index in [0.717, 1.165) is 31.8 Å². The Bertz CT molecular complexity index is 878. The Balaban J connectivity index is 1.75. The van der Waals surface area contributed by atoms with Gasteiger partial charge in [-0.15, -0.1) is 0 Å². The van der Waals surface area contributed by atoms with Crippen LogP contribution >= 0.6 is 0 Å². The number of piperidine rings is 1. The summed E-state index contributed by atoms with van der Waals surface area (Å²) in [4.78, 5) is 25.3. The molecule has 0 spiro atoms. The summed E-state index contributed by atoms with van der Waals surface area (Å²) in [6.45, 7) is 1.53. The summed E-state index contributed by atoms with van der Waals surface area (Å²) >= 11 is 0. The van der Waals surface area contributed by atoms with Gasteiger partial charge in [0, 0.05) is 37.6 Å². The quantitative estimate of drug-likeness (QED) is 0.590. The SMILES string of the molecule is O=[N+]([O-])c1c(N2CCCC(c3ncc[nH]3)C2)ccc2ncccc12. The number of nitrogens with zero attached hydrogens (tertiary/aromatic N) is 4. The second-order valence-electron chi connectivity index (χ2n) is 6.02. The zero-order valence-corrected chi connectivity index (χ0v) is 13.1. The molecule has 0 saturated carbocycles. The van der Waals surface area contributed by atoms with Crippen LogP contribution in [-0.2, 0) is 0 Å². The lowest BCUT2D eigenvalue weighted by atomic mass is 9.96. The van der Waals surface area contributed by atoms with Crippen LogP contribution in [0.15, 0.2) is 42.9 Å². The lowest BCUT2D eigenvalue weighted by Gasteiger charge is -2.33. The van der Waals surface area contributed by atoms with Crippen LogP contribution in [0.2, 0.25) is 0 Å². The van der Waals surface area contributed by atoms with Gasteiger partial charge in [-0.1, -0.05) is 0 Å². The van der Waals surface area contributed by atoms with Crippen molar-refractivity contribution >= 4 is 22.3 Å². The highest BCUT2D eigenvalue weighted by molar-refractivity contribution is 5.94. The van der Waals surface area contributed by atoms with Gasteiger partial charge in [-0.05, 0) is 37.1 Å². The lowest BCUT2D eigenvalue weighted by Crippen LogP contribution is -2.35. The fourth-order valence-corrected chi connectivity index (χ4v) is 3.49. The van der Waals surface area contributed by atoms with Gasteiger partial charge in [-0.3, -0.25) is 15.1 Å². The molecule has 2 aromatic heterocycles. The van der Waals surface area contributed by atoms with Gasteiger partial charge in [0.25, 0.3) is 0 Å². The van der Waals surface area contributed by atoms with E-state index in [1.807, 2.05) is 18.3 Å². The van der Waals surface area contributed by atoms with Crippen LogP contribution in [0.3, 0.4) is 0 Å². The molecule has 1 fully saturated rings. The Labute approximate surface area is 138 Å². The van der Waals surface area contributed by atoms with E-state index in [-0.39, 0.29) is 16.5 Å². The monoisotopic (exact) mass is 323 g/mol. The van der Waals surface area contributed by atoms with Crippen molar-refractivity contribution < 1.29 is 4.92 Å². The molecule has 1 aromatic carbocycles. The standard InChI is InChI=1S/C17H17N5O2/c23-22(24)16-13-4-1-7-18-14(13)5-6-15(16)21-10-2-3-12(11-21)17-19-8-9-20-17/h1,4-9,12H,2-3,10-11H2,(H,19,20). The van der Waals surface area contributed by atoms with Crippen molar-refractivity contribution in [2.24, 2.45) is 0 Å². The van der Waals surface area contributed by atoms with Crippen LogP contribution < -0.4 is 4.90 Å². The predicted octanol–water partition coefficient (Wildman–Crippen LogP) is 3.25. The van der Waals surface area contributed by atoms with Crippen LogP contribution in [0.5, 0.6) is 0 Å². The molecule has 1 saturated heterocycles. The van der Waals surface area contributed by atoms with Crippen LogP contribution in [0.4, 0.5) is 11.4 Å². The number of benzene rings is 1. The molecule has 24 heavy (non-hydrogen) atoms. The second kappa shape index (κ2) is 5.92. The summed E-state index contributed by atoms with van der Waals surface area (Å²) in [5, 5.41) is 12.3. The largest absolute Gasteiger partial charge is 0.365 e. The average Bonchev–Trinajstić information content (AvgIpc) is 3.15. The predicted molar refractivity (Wildman–Crippen MR) is 91.2 cm³/mol. The number of hydrogen-bond donors (Lipinski definition) is 1. The van der Waals surface area contributed by atoms with Gasteiger partial charge in [0.05, 0.1) is 15.8 Å². The van der Waals surface area contributed by atoms with Gasteiger partial charge >= 0.3 is 5.69 Å². The Kier molecular flexibility index (Phi) is 3.60. The highest BCUT2D eigenvalue weighted by atomic mass is 16.6. The van der Waals surface area contributed by atoms with E-state index in [9.17, 15) is 10.1 Å². The first-order valence-electron chi connectivity index (χ1n) is 8.00. The highest BCUT2D eigenvalue weighted by Gasteiger charge is 2.29. The van der Waals surface area contributed by atoms with E-state index in [0.29, 0.717) is 16.6 Å². The van der Waals surface area contributed by atoms with E-state index in [4.69, 9.17) is 0 Å². The molecule has 3 heterocycles. The number of nitrogens with one attached hydrogen (secondary N) is 1. The highest BCUT2D eigenvalue weighted by Crippen LogP contribution is 2.38. The summed E-state index contributed by atoms with van der Waals surface area (Å²) in [6, 6.07) is 7.17. The van der Waals surface area contributed by atoms with Crippen molar-refractivity contribution in [3.05, 3.63) is 58.8 Å². The van der Waals surface area contributed by atoms with E-state index in [1.165, 1.54) is 0 Å². The number of aromatic amines is 1. The molecule has 4 rings (SSSR count). The Morgan fingerprint density at radius 2 is 2.17 bits per heavy atom. The number of H-pyrrole nitrogens is 1. The third-order valence-electron chi connectivity index (χ3n) is 4.59. The molecule has 1 aliphatic rings. The molecule has 0 amide bonds. The zero-order chi connectivity index (χ0) is 16.5. The topological polar surface area (TPSA) is 88.0 Å². The van der Waals surface area contributed by atoms with Gasteiger partial charge in [0.15, 0.2) is 0 Å². The molecule has 0 bridgehead atoms. The van der Waals surface area contributed by atoms with Gasteiger partial charge < -0.3 is 9.88 Å². The molecule has 1 aliphatic heterocycles. The zero-order valence-electron chi connectivity index (χ0n) is 13.1. The molecular formula is C17H17N5O2. The van der Waals surface area contributed by atoms with Crippen LogP contribution in [0.25, 0.3) is 10.9 Å². The summed E-state index contributed by atoms with van der Waals surface area (Å²) in [7, 11) is 0. The molecule has 1 atom stereocenters. The number of pyridine rings is 1. The number of aromatic nitrogens is 3. The normalized spacial score (nSPS) is 18.0. The minimum Gasteiger partial charge on any atom is -0.365 e. The Morgan fingerprint density at radius 1 is 1.25 bits per heavy atom. The molecule has 3 aromatic rings. The first-order chi connectivity index (χ1) is 11.7. The van der Waals surface area contributed by atoms with Crippen LogP contribution in [0.1, 0.15) is 24.6 Å². The summed E-state index contributed by atoms with van der Waals surface area (Å²) < 4.78 is 0. The molecule has 7 heteroatoms. The van der Waals surface area contributed by atoms with Crippen LogP contribution in [0, 0.1) is 10.1 Å². The average molecular weight is 323 g/mol. The van der Waals surface area contributed by atoms with Gasteiger partial charge in [0.2, 0.25) is 0 Å². The molecule has 1 N–H and O–H groups in total. The lowest BCUT2D eigenvalue weighted by molar-refractivity contribution is -0.382. The number of fused-ring (bicyclic) bond motifs is 1. The molecular weight excluding hydrogens is 306 g/mol. The maximum absolute atomic E-state index is 11.7. The Morgan fingerprint density at radius 3 is 2.96 bits per heavy atom. The second-order valence-corrected chi connectivity index (χ2v) is 6.02. The molecule has 7 nitrogen and oxygen atoms in total. The van der Waals surface area contributed by atoms with Gasteiger partial charge in [-0.2, -0.15) is 0 Å². The van der Waals surface area contributed by atoms with Crippen molar-refractivity contribution in [2.75, 3.05) is 18.0 Å². The number of hydrogen-bond acceptors (Lipinski definition) is 5. The fourth-order valence-electron chi connectivity index (χ4n) is 3.49. The number of imidazole rings is 1. The van der Waals surface area contributed by atoms with E-state index < -0.39 is 0 Å². The minimum atomic E-state index is -0.296. The fraction of sp³-hybridized carbons (Fsp3) is 0.294. The van der Waals surface area contributed by atoms with Crippen molar-refractivity contribution in [1.29, 1.82) is 0 Å². The number of nitro groups is 1. The third-order valence-corrected chi connectivity index (χ3v) is 4.59. The molecule has 122 valence electrons.